The first kappa shape index (κ1) is 18.3. The average molecular weight is 325 g/mol. The van der Waals surface area contributed by atoms with Crippen LogP contribution in [0.2, 0.25) is 0 Å². The molecule has 1 aliphatic heterocycles. The standard InChI is InChI=1S/C16H24N4O.ClH/c1-12-8-7-9-13(2)14(12)18-16(21)19-15(17)20-10-5-3-4-6-11-20;/h7-9H,3-6,10-11H2,1-2H3,(H3,17,18,19,21);1H. The van der Waals surface area contributed by atoms with Gasteiger partial charge in [0.25, 0.3) is 0 Å². The number of hydrogen-bond donors (Lipinski definition) is 3. The Morgan fingerprint density at radius 3 is 2.18 bits per heavy atom. The summed E-state index contributed by atoms with van der Waals surface area (Å²) in [7, 11) is 0. The zero-order chi connectivity index (χ0) is 15.2. The van der Waals surface area contributed by atoms with Gasteiger partial charge in [0, 0.05) is 18.8 Å². The third kappa shape index (κ3) is 4.91. The predicted molar refractivity (Wildman–Crippen MR) is 93.1 cm³/mol. The Kier molecular flexibility index (Phi) is 7.18. The fourth-order valence-electron chi connectivity index (χ4n) is 2.64. The molecule has 1 aromatic rings. The number of para-hydroxylation sites is 1. The summed E-state index contributed by atoms with van der Waals surface area (Å²) in [6.45, 7) is 5.62. The molecule has 0 saturated carbocycles. The Balaban J connectivity index is 0.00000242. The lowest BCUT2D eigenvalue weighted by molar-refractivity contribution is 0.254. The van der Waals surface area contributed by atoms with E-state index in [0.29, 0.717) is 0 Å². The lowest BCUT2D eigenvalue weighted by Crippen LogP contribution is -2.45. The Labute approximate surface area is 138 Å². The van der Waals surface area contributed by atoms with Crippen molar-refractivity contribution in [2.75, 3.05) is 18.4 Å². The van der Waals surface area contributed by atoms with Crippen LogP contribution in [-0.2, 0) is 0 Å². The number of guanidine groups is 1. The number of rotatable bonds is 1. The van der Waals surface area contributed by atoms with Gasteiger partial charge in [-0.3, -0.25) is 10.7 Å². The molecular weight excluding hydrogens is 300 g/mol. The topological polar surface area (TPSA) is 68.2 Å². The van der Waals surface area contributed by atoms with Crippen LogP contribution < -0.4 is 10.6 Å². The van der Waals surface area contributed by atoms with Crippen LogP contribution in [0.1, 0.15) is 36.8 Å². The number of hydrogen-bond acceptors (Lipinski definition) is 2. The van der Waals surface area contributed by atoms with Crippen LogP contribution in [0.4, 0.5) is 10.5 Å². The van der Waals surface area contributed by atoms with E-state index in [1.807, 2.05) is 36.9 Å². The van der Waals surface area contributed by atoms with E-state index in [4.69, 9.17) is 5.41 Å². The van der Waals surface area contributed by atoms with E-state index in [0.717, 1.165) is 42.7 Å². The highest BCUT2D eigenvalue weighted by molar-refractivity contribution is 6.02. The summed E-state index contributed by atoms with van der Waals surface area (Å²) in [4.78, 5) is 14.0. The molecule has 0 aliphatic carbocycles. The van der Waals surface area contributed by atoms with E-state index < -0.39 is 0 Å². The van der Waals surface area contributed by atoms with Gasteiger partial charge in [0.15, 0.2) is 5.96 Å². The minimum Gasteiger partial charge on any atom is -0.343 e. The molecule has 1 saturated heterocycles. The number of nitrogens with one attached hydrogen (secondary N) is 3. The SMILES string of the molecule is Cc1cccc(C)c1NC(=O)NC(=N)N1CCCCCC1.Cl. The summed E-state index contributed by atoms with van der Waals surface area (Å²) in [5, 5.41) is 13.5. The van der Waals surface area contributed by atoms with Crippen molar-refractivity contribution in [3.05, 3.63) is 29.3 Å². The molecule has 2 amide bonds. The van der Waals surface area contributed by atoms with E-state index in [1.54, 1.807) is 0 Å². The first-order chi connectivity index (χ1) is 10.1. The molecular formula is C16H25ClN4O. The molecule has 6 heteroatoms. The summed E-state index contributed by atoms with van der Waals surface area (Å²) >= 11 is 0. The molecule has 0 spiro atoms. The Morgan fingerprint density at radius 2 is 1.64 bits per heavy atom. The van der Waals surface area contributed by atoms with Gasteiger partial charge in [-0.1, -0.05) is 31.0 Å². The van der Waals surface area contributed by atoms with Crippen molar-refractivity contribution in [3.63, 3.8) is 0 Å². The van der Waals surface area contributed by atoms with Gasteiger partial charge < -0.3 is 10.2 Å². The number of benzene rings is 1. The van der Waals surface area contributed by atoms with Gasteiger partial charge in [-0.15, -0.1) is 12.4 Å². The van der Waals surface area contributed by atoms with Crippen molar-refractivity contribution < 1.29 is 4.79 Å². The lowest BCUT2D eigenvalue weighted by Gasteiger charge is -2.23. The molecule has 1 aliphatic rings. The Hall–Kier alpha value is -1.75. The van der Waals surface area contributed by atoms with Gasteiger partial charge in [0.05, 0.1) is 0 Å². The highest BCUT2D eigenvalue weighted by atomic mass is 35.5. The Morgan fingerprint density at radius 1 is 1.09 bits per heavy atom. The molecule has 1 heterocycles. The molecule has 0 bridgehead atoms. The number of likely N-dealkylation sites (tertiary alicyclic amines) is 1. The van der Waals surface area contributed by atoms with Crippen molar-refractivity contribution in [3.8, 4) is 0 Å². The zero-order valence-corrected chi connectivity index (χ0v) is 14.1. The summed E-state index contributed by atoms with van der Waals surface area (Å²) in [6, 6.07) is 5.54. The van der Waals surface area contributed by atoms with E-state index in [9.17, 15) is 4.79 Å². The Bertz CT molecular complexity index is 505. The number of halogens is 1. The van der Waals surface area contributed by atoms with Gasteiger partial charge >= 0.3 is 6.03 Å². The first-order valence-electron chi connectivity index (χ1n) is 7.55. The molecule has 5 nitrogen and oxygen atoms in total. The second-order valence-corrected chi connectivity index (χ2v) is 5.60. The highest BCUT2D eigenvalue weighted by Crippen LogP contribution is 2.19. The third-order valence-corrected chi connectivity index (χ3v) is 3.87. The lowest BCUT2D eigenvalue weighted by atomic mass is 10.1. The van der Waals surface area contributed by atoms with Crippen LogP contribution in [-0.4, -0.2) is 30.0 Å². The molecule has 0 unspecified atom stereocenters. The fourth-order valence-corrected chi connectivity index (χ4v) is 2.64. The number of carbonyl (C=O) groups excluding carboxylic acids is 1. The molecule has 0 atom stereocenters. The maximum absolute atomic E-state index is 12.1. The van der Waals surface area contributed by atoms with E-state index in [2.05, 4.69) is 10.6 Å². The zero-order valence-electron chi connectivity index (χ0n) is 13.2. The summed E-state index contributed by atoms with van der Waals surface area (Å²) in [5.74, 6) is 0.195. The number of aryl methyl sites for hydroxylation is 2. The average Bonchev–Trinajstić information content (AvgIpc) is 2.72. The van der Waals surface area contributed by atoms with Gasteiger partial charge in [-0.25, -0.2) is 4.79 Å². The largest absolute Gasteiger partial charge is 0.343 e. The van der Waals surface area contributed by atoms with Crippen LogP contribution in [0.5, 0.6) is 0 Å². The molecule has 1 fully saturated rings. The fraction of sp³-hybridized carbons (Fsp3) is 0.500. The van der Waals surface area contributed by atoms with E-state index in [-0.39, 0.29) is 24.4 Å². The van der Waals surface area contributed by atoms with Crippen molar-refractivity contribution in [2.24, 2.45) is 0 Å². The molecule has 1 aromatic carbocycles. The van der Waals surface area contributed by atoms with Crippen LogP contribution in [0.15, 0.2) is 18.2 Å². The van der Waals surface area contributed by atoms with Gasteiger partial charge in [0.1, 0.15) is 0 Å². The molecule has 122 valence electrons. The normalized spacial score (nSPS) is 14.5. The van der Waals surface area contributed by atoms with E-state index in [1.165, 1.54) is 12.8 Å². The molecule has 0 radical (unpaired) electrons. The minimum atomic E-state index is -0.346. The molecule has 2 rings (SSSR count). The van der Waals surface area contributed by atoms with Crippen molar-refractivity contribution in [1.82, 2.24) is 10.2 Å². The van der Waals surface area contributed by atoms with Crippen LogP contribution in [0.3, 0.4) is 0 Å². The van der Waals surface area contributed by atoms with Gasteiger partial charge in [0.2, 0.25) is 0 Å². The monoisotopic (exact) mass is 324 g/mol. The van der Waals surface area contributed by atoms with E-state index >= 15 is 0 Å². The summed E-state index contributed by atoms with van der Waals surface area (Å²) < 4.78 is 0. The second-order valence-electron chi connectivity index (χ2n) is 5.60. The maximum Gasteiger partial charge on any atom is 0.326 e. The van der Waals surface area contributed by atoms with Crippen molar-refractivity contribution in [1.29, 1.82) is 5.41 Å². The highest BCUT2D eigenvalue weighted by Gasteiger charge is 2.15. The van der Waals surface area contributed by atoms with Crippen LogP contribution in [0, 0.1) is 19.3 Å². The smallest absolute Gasteiger partial charge is 0.326 e. The minimum absolute atomic E-state index is 0. The van der Waals surface area contributed by atoms with Gasteiger partial charge in [-0.2, -0.15) is 0 Å². The number of carbonyl (C=O) groups is 1. The second kappa shape index (κ2) is 8.63. The predicted octanol–water partition coefficient (Wildman–Crippen LogP) is 3.66. The van der Waals surface area contributed by atoms with Crippen LogP contribution in [0.25, 0.3) is 0 Å². The van der Waals surface area contributed by atoms with Crippen LogP contribution >= 0.6 is 12.4 Å². The van der Waals surface area contributed by atoms with Crippen molar-refractivity contribution >= 4 is 30.1 Å². The summed E-state index contributed by atoms with van der Waals surface area (Å²) in [6.07, 6.45) is 4.59. The van der Waals surface area contributed by atoms with Gasteiger partial charge in [-0.05, 0) is 37.8 Å². The number of nitrogens with zero attached hydrogens (tertiary/aromatic N) is 1. The summed E-state index contributed by atoms with van der Waals surface area (Å²) in [5.41, 5.74) is 2.86. The number of urea groups is 1. The molecule has 22 heavy (non-hydrogen) atoms. The number of anilines is 1. The third-order valence-electron chi connectivity index (χ3n) is 3.87. The molecule has 0 aromatic heterocycles. The maximum atomic E-state index is 12.1. The van der Waals surface area contributed by atoms with Crippen molar-refractivity contribution in [2.45, 2.75) is 39.5 Å². The molecule has 3 N–H and O–H groups in total. The first-order valence-corrected chi connectivity index (χ1v) is 7.55. The quantitative estimate of drug-likeness (QED) is 0.545. The number of amides is 2.